The van der Waals surface area contributed by atoms with Gasteiger partial charge in [-0.25, -0.2) is 0 Å². The van der Waals surface area contributed by atoms with Gasteiger partial charge in [0.05, 0.1) is 0 Å². The number of hydrogen-bond donors (Lipinski definition) is 2. The second-order valence-electron chi connectivity index (χ2n) is 5.98. The molecule has 0 saturated heterocycles. The van der Waals surface area contributed by atoms with Crippen LogP contribution in [0.5, 0.6) is 5.75 Å². The molecule has 0 radical (unpaired) electrons. The lowest BCUT2D eigenvalue weighted by molar-refractivity contribution is 0.102. The smallest absolute Gasteiger partial charge is 0.247 e. The molecule has 2 N–H and O–H groups in total. The molecule has 0 amide bonds. The van der Waals surface area contributed by atoms with E-state index in [1.165, 1.54) is 38.5 Å². The van der Waals surface area contributed by atoms with Gasteiger partial charge in [0.25, 0.3) is 0 Å². The maximum atomic E-state index is 10.0. The van der Waals surface area contributed by atoms with E-state index in [9.17, 15) is 5.11 Å². The molecule has 0 aliphatic heterocycles. The molecule has 23 heavy (non-hydrogen) atoms. The minimum atomic E-state index is -0.507. The fourth-order valence-electron chi connectivity index (χ4n) is 2.85. The average Bonchev–Trinajstić information content (AvgIpc) is 3.14. The van der Waals surface area contributed by atoms with Crippen molar-refractivity contribution in [2.24, 2.45) is 0 Å². The minimum Gasteiger partial charge on any atom is -0.491 e. The van der Waals surface area contributed by atoms with Crippen LogP contribution in [-0.4, -0.2) is 40.6 Å². The van der Waals surface area contributed by atoms with Crippen LogP contribution in [-0.2, 0) is 0 Å². The standard InChI is InChI=1S/C17H23N3O3/c21-15(10-18-14-4-2-1-3-5-14)11-22-16-8-6-13(7-9-16)17-20-19-12-23-17/h6-9,12,14-15,18,21H,1-5,10-11H2/t15-/m1/s1. The van der Waals surface area contributed by atoms with Gasteiger partial charge in [0, 0.05) is 18.2 Å². The summed E-state index contributed by atoms with van der Waals surface area (Å²) in [6, 6.07) is 7.93. The first kappa shape index (κ1) is 16.0. The van der Waals surface area contributed by atoms with Gasteiger partial charge in [-0.3, -0.25) is 0 Å². The van der Waals surface area contributed by atoms with Crippen molar-refractivity contribution < 1.29 is 14.3 Å². The molecule has 1 aliphatic carbocycles. The number of benzene rings is 1. The van der Waals surface area contributed by atoms with Crippen LogP contribution in [0.1, 0.15) is 32.1 Å². The lowest BCUT2D eigenvalue weighted by Gasteiger charge is -2.24. The first-order chi connectivity index (χ1) is 11.3. The Morgan fingerprint density at radius 2 is 2.00 bits per heavy atom. The highest BCUT2D eigenvalue weighted by atomic mass is 16.5. The molecule has 1 saturated carbocycles. The Labute approximate surface area is 135 Å². The lowest BCUT2D eigenvalue weighted by atomic mass is 9.95. The van der Waals surface area contributed by atoms with Crippen molar-refractivity contribution in [3.8, 4) is 17.2 Å². The Morgan fingerprint density at radius 1 is 1.22 bits per heavy atom. The fraction of sp³-hybridized carbons (Fsp3) is 0.529. The van der Waals surface area contributed by atoms with Gasteiger partial charge in [0.1, 0.15) is 18.5 Å². The van der Waals surface area contributed by atoms with Crippen molar-refractivity contribution in [2.45, 2.75) is 44.2 Å². The third kappa shape index (κ3) is 4.77. The van der Waals surface area contributed by atoms with Crippen molar-refractivity contribution in [2.75, 3.05) is 13.2 Å². The molecule has 3 rings (SSSR count). The van der Waals surface area contributed by atoms with Crippen molar-refractivity contribution in [3.05, 3.63) is 30.7 Å². The van der Waals surface area contributed by atoms with Gasteiger partial charge in [-0.2, -0.15) is 0 Å². The molecule has 0 bridgehead atoms. The van der Waals surface area contributed by atoms with Crippen LogP contribution in [0.3, 0.4) is 0 Å². The summed E-state index contributed by atoms with van der Waals surface area (Å²) in [6.07, 6.45) is 7.13. The first-order valence-electron chi connectivity index (χ1n) is 8.22. The molecule has 124 valence electrons. The lowest BCUT2D eigenvalue weighted by Crippen LogP contribution is -2.38. The van der Waals surface area contributed by atoms with E-state index in [-0.39, 0.29) is 6.61 Å². The number of nitrogens with zero attached hydrogens (tertiary/aromatic N) is 2. The number of rotatable bonds is 7. The molecule has 1 fully saturated rings. The number of aliphatic hydroxyl groups is 1. The van der Waals surface area contributed by atoms with Crippen LogP contribution < -0.4 is 10.1 Å². The Bertz CT molecular complexity index is 565. The predicted octanol–water partition coefficient (Wildman–Crippen LogP) is 2.40. The number of aromatic nitrogens is 2. The van der Waals surface area contributed by atoms with E-state index in [4.69, 9.17) is 9.15 Å². The van der Waals surface area contributed by atoms with Crippen molar-refractivity contribution in [1.29, 1.82) is 0 Å². The summed E-state index contributed by atoms with van der Waals surface area (Å²) in [7, 11) is 0. The van der Waals surface area contributed by atoms with E-state index in [1.54, 1.807) is 0 Å². The van der Waals surface area contributed by atoms with Gasteiger partial charge < -0.3 is 19.6 Å². The van der Waals surface area contributed by atoms with Gasteiger partial charge in [-0.05, 0) is 37.1 Å². The first-order valence-corrected chi connectivity index (χ1v) is 8.22. The Hall–Kier alpha value is -1.92. The highest BCUT2D eigenvalue weighted by molar-refractivity contribution is 5.53. The Morgan fingerprint density at radius 3 is 2.70 bits per heavy atom. The van der Waals surface area contributed by atoms with Gasteiger partial charge >= 0.3 is 0 Å². The zero-order valence-electron chi connectivity index (χ0n) is 13.1. The molecular formula is C17H23N3O3. The quantitative estimate of drug-likeness (QED) is 0.816. The van der Waals surface area contributed by atoms with Crippen molar-refractivity contribution in [1.82, 2.24) is 15.5 Å². The van der Waals surface area contributed by atoms with E-state index in [0.29, 0.717) is 24.2 Å². The third-order valence-electron chi connectivity index (χ3n) is 4.15. The van der Waals surface area contributed by atoms with Gasteiger partial charge in [0.2, 0.25) is 12.3 Å². The van der Waals surface area contributed by atoms with Crippen LogP contribution in [0, 0.1) is 0 Å². The van der Waals surface area contributed by atoms with E-state index < -0.39 is 6.10 Å². The molecule has 1 atom stereocenters. The maximum Gasteiger partial charge on any atom is 0.247 e. The minimum absolute atomic E-state index is 0.277. The predicted molar refractivity (Wildman–Crippen MR) is 86.1 cm³/mol. The molecule has 0 spiro atoms. The van der Waals surface area contributed by atoms with Gasteiger partial charge in [0.15, 0.2) is 0 Å². The molecule has 6 heteroatoms. The molecule has 2 aromatic rings. The zero-order chi connectivity index (χ0) is 15.9. The van der Waals surface area contributed by atoms with Crippen molar-refractivity contribution >= 4 is 0 Å². The van der Waals surface area contributed by atoms with Crippen LogP contribution in [0.25, 0.3) is 11.5 Å². The molecule has 1 heterocycles. The summed E-state index contributed by atoms with van der Waals surface area (Å²) in [5.41, 5.74) is 0.842. The molecule has 1 aliphatic rings. The summed E-state index contributed by atoms with van der Waals surface area (Å²) >= 11 is 0. The third-order valence-corrected chi connectivity index (χ3v) is 4.15. The highest BCUT2D eigenvalue weighted by Crippen LogP contribution is 2.20. The number of ether oxygens (including phenoxy) is 1. The number of nitrogens with one attached hydrogen (secondary N) is 1. The topological polar surface area (TPSA) is 80.4 Å². The summed E-state index contributed by atoms with van der Waals surface area (Å²) in [6.45, 7) is 0.852. The zero-order valence-corrected chi connectivity index (χ0v) is 13.1. The molecule has 6 nitrogen and oxygen atoms in total. The Kier molecular flexibility index (Phi) is 5.60. The van der Waals surface area contributed by atoms with Crippen molar-refractivity contribution in [3.63, 3.8) is 0 Å². The maximum absolute atomic E-state index is 10.0. The summed E-state index contributed by atoms with van der Waals surface area (Å²) < 4.78 is 10.8. The van der Waals surface area contributed by atoms with Gasteiger partial charge in [-0.1, -0.05) is 19.3 Å². The fourth-order valence-corrected chi connectivity index (χ4v) is 2.85. The largest absolute Gasteiger partial charge is 0.491 e. The number of hydrogen-bond acceptors (Lipinski definition) is 6. The molecule has 1 aromatic carbocycles. The second-order valence-corrected chi connectivity index (χ2v) is 5.98. The summed E-state index contributed by atoms with van der Waals surface area (Å²) in [5.74, 6) is 1.19. The van der Waals surface area contributed by atoms with Crippen LogP contribution in [0.2, 0.25) is 0 Å². The SMILES string of the molecule is O[C@H](CNC1CCCCC1)COc1ccc(-c2nnco2)cc1. The van der Waals surface area contributed by atoms with Crippen LogP contribution in [0.15, 0.2) is 35.1 Å². The highest BCUT2D eigenvalue weighted by Gasteiger charge is 2.14. The van der Waals surface area contributed by atoms with Gasteiger partial charge in [-0.15, -0.1) is 10.2 Å². The molecule has 1 aromatic heterocycles. The Balaban J connectivity index is 1.40. The van der Waals surface area contributed by atoms with E-state index >= 15 is 0 Å². The second kappa shape index (κ2) is 8.08. The monoisotopic (exact) mass is 317 g/mol. The van der Waals surface area contributed by atoms with Crippen LogP contribution in [0.4, 0.5) is 0 Å². The molecular weight excluding hydrogens is 294 g/mol. The summed E-state index contributed by atoms with van der Waals surface area (Å²) in [4.78, 5) is 0. The summed E-state index contributed by atoms with van der Waals surface area (Å²) in [5, 5.41) is 21.0. The van der Waals surface area contributed by atoms with E-state index in [1.807, 2.05) is 24.3 Å². The number of aliphatic hydroxyl groups excluding tert-OH is 1. The average molecular weight is 317 g/mol. The van der Waals surface area contributed by atoms with Crippen LogP contribution >= 0.6 is 0 Å². The normalized spacial score (nSPS) is 17.1. The van der Waals surface area contributed by atoms with E-state index in [2.05, 4.69) is 15.5 Å². The molecule has 0 unspecified atom stereocenters. The van der Waals surface area contributed by atoms with E-state index in [0.717, 1.165) is 5.56 Å².